The van der Waals surface area contributed by atoms with Crippen LogP contribution in [0.15, 0.2) is 40.1 Å². The van der Waals surface area contributed by atoms with Crippen molar-refractivity contribution in [3.63, 3.8) is 0 Å². The normalized spacial score (nSPS) is 16.2. The molecule has 32 heavy (non-hydrogen) atoms. The van der Waals surface area contributed by atoms with E-state index in [0.717, 1.165) is 31.1 Å². The van der Waals surface area contributed by atoms with Crippen LogP contribution in [0.4, 0.5) is 19.1 Å². The van der Waals surface area contributed by atoms with E-state index in [1.165, 1.54) is 19.3 Å². The van der Waals surface area contributed by atoms with Crippen molar-refractivity contribution in [1.82, 2.24) is 25.5 Å². The molecule has 2 aromatic rings. The topological polar surface area (TPSA) is 90.6 Å². The Hall–Kier alpha value is -2.09. The molecule has 1 aliphatic heterocycles. The molecule has 1 saturated heterocycles. The number of piperidine rings is 1. The third-order valence-electron chi connectivity index (χ3n) is 5.04. The molecule has 0 spiro atoms. The molecule has 3 N–H and O–H groups in total. The van der Waals surface area contributed by atoms with E-state index >= 15 is 0 Å². The molecular formula is C20H29F3IN7O. The predicted molar refractivity (Wildman–Crippen MR) is 127 cm³/mol. The predicted octanol–water partition coefficient (Wildman–Crippen LogP) is 3.51. The highest BCUT2D eigenvalue weighted by atomic mass is 127. The Bertz CT molecular complexity index is 827. The number of anilines is 1. The van der Waals surface area contributed by atoms with E-state index in [-0.39, 0.29) is 36.0 Å². The van der Waals surface area contributed by atoms with E-state index < -0.39 is 11.9 Å². The van der Waals surface area contributed by atoms with Crippen LogP contribution in [-0.4, -0.2) is 60.6 Å². The standard InChI is InChI=1S/C20H28F3N7O.HI/c1-24-18(26-9-10-27-19-25-8-7-17(29-19)20(21,22)23)28-14-15(16-6-5-13-31-16)30-11-3-2-4-12-30;/h5-8,13,15H,2-4,9-12,14H2,1H3,(H2,24,26,28)(H,25,27,29);1H. The lowest BCUT2D eigenvalue weighted by molar-refractivity contribution is -0.141. The molecule has 178 valence electrons. The van der Waals surface area contributed by atoms with Crippen molar-refractivity contribution in [2.24, 2.45) is 4.99 Å². The molecular weight excluding hydrogens is 538 g/mol. The average molecular weight is 567 g/mol. The number of furan rings is 1. The summed E-state index contributed by atoms with van der Waals surface area (Å²) in [6.07, 6.45) is 1.87. The Labute approximate surface area is 202 Å². The Kier molecular flexibility index (Phi) is 10.5. The first-order valence-electron chi connectivity index (χ1n) is 10.3. The van der Waals surface area contributed by atoms with Crippen LogP contribution in [0.25, 0.3) is 0 Å². The van der Waals surface area contributed by atoms with Crippen LogP contribution < -0.4 is 16.0 Å². The zero-order valence-corrected chi connectivity index (χ0v) is 20.2. The van der Waals surface area contributed by atoms with Crippen LogP contribution in [-0.2, 0) is 6.18 Å². The van der Waals surface area contributed by atoms with Crippen LogP contribution in [0.1, 0.15) is 36.8 Å². The third kappa shape index (κ3) is 7.80. The first-order chi connectivity index (χ1) is 15.0. The van der Waals surface area contributed by atoms with Gasteiger partial charge < -0.3 is 20.4 Å². The van der Waals surface area contributed by atoms with Gasteiger partial charge in [-0.05, 0) is 44.1 Å². The van der Waals surface area contributed by atoms with Gasteiger partial charge in [0.05, 0.1) is 12.3 Å². The lowest BCUT2D eigenvalue weighted by Crippen LogP contribution is -2.45. The number of nitrogens with zero attached hydrogens (tertiary/aromatic N) is 4. The van der Waals surface area contributed by atoms with Gasteiger partial charge in [-0.3, -0.25) is 9.89 Å². The number of rotatable bonds is 8. The molecule has 0 aliphatic carbocycles. The molecule has 1 atom stereocenters. The van der Waals surface area contributed by atoms with Gasteiger partial charge in [-0.15, -0.1) is 24.0 Å². The minimum Gasteiger partial charge on any atom is -0.468 e. The highest BCUT2D eigenvalue weighted by Gasteiger charge is 2.32. The van der Waals surface area contributed by atoms with E-state index in [9.17, 15) is 13.2 Å². The summed E-state index contributed by atoms with van der Waals surface area (Å²) in [5.74, 6) is 1.44. The smallest absolute Gasteiger partial charge is 0.433 e. The van der Waals surface area contributed by atoms with Crippen LogP contribution in [0.3, 0.4) is 0 Å². The fraction of sp³-hybridized carbons (Fsp3) is 0.550. The monoisotopic (exact) mass is 567 g/mol. The van der Waals surface area contributed by atoms with Crippen molar-refractivity contribution >= 4 is 35.9 Å². The molecule has 3 heterocycles. The number of alkyl halides is 3. The van der Waals surface area contributed by atoms with Crippen LogP contribution in [0.2, 0.25) is 0 Å². The number of guanidine groups is 1. The number of likely N-dealkylation sites (tertiary alicyclic amines) is 1. The van der Waals surface area contributed by atoms with Gasteiger partial charge in [0.2, 0.25) is 5.95 Å². The van der Waals surface area contributed by atoms with Crippen molar-refractivity contribution in [1.29, 1.82) is 0 Å². The number of hydrogen-bond acceptors (Lipinski definition) is 6. The molecule has 0 amide bonds. The fourth-order valence-electron chi connectivity index (χ4n) is 3.49. The lowest BCUT2D eigenvalue weighted by atomic mass is 10.1. The summed E-state index contributed by atoms with van der Waals surface area (Å²) < 4.78 is 43.8. The van der Waals surface area contributed by atoms with Gasteiger partial charge in [0, 0.05) is 32.9 Å². The molecule has 0 radical (unpaired) electrons. The fourth-order valence-corrected chi connectivity index (χ4v) is 3.49. The molecule has 1 fully saturated rings. The van der Waals surface area contributed by atoms with Crippen molar-refractivity contribution < 1.29 is 17.6 Å². The van der Waals surface area contributed by atoms with Crippen molar-refractivity contribution in [3.05, 3.63) is 42.1 Å². The van der Waals surface area contributed by atoms with Crippen molar-refractivity contribution in [3.8, 4) is 0 Å². The lowest BCUT2D eigenvalue weighted by Gasteiger charge is -2.33. The Morgan fingerprint density at radius 2 is 1.97 bits per heavy atom. The summed E-state index contributed by atoms with van der Waals surface area (Å²) in [5.41, 5.74) is -0.975. The third-order valence-corrected chi connectivity index (χ3v) is 5.04. The first kappa shape index (κ1) is 26.2. The first-order valence-corrected chi connectivity index (χ1v) is 10.3. The van der Waals surface area contributed by atoms with Crippen LogP contribution in [0, 0.1) is 0 Å². The van der Waals surface area contributed by atoms with E-state index in [4.69, 9.17) is 4.42 Å². The van der Waals surface area contributed by atoms with Crippen LogP contribution in [0.5, 0.6) is 0 Å². The SMILES string of the molecule is CN=C(NCCNc1nccc(C(F)(F)F)n1)NCC(c1ccco1)N1CCCCC1.I. The highest BCUT2D eigenvalue weighted by Crippen LogP contribution is 2.27. The zero-order valence-electron chi connectivity index (χ0n) is 17.9. The van der Waals surface area contributed by atoms with Crippen molar-refractivity contribution in [2.75, 3.05) is 45.1 Å². The minimum atomic E-state index is -4.50. The second-order valence-corrected chi connectivity index (χ2v) is 7.20. The summed E-state index contributed by atoms with van der Waals surface area (Å²) in [4.78, 5) is 13.9. The maximum atomic E-state index is 12.7. The zero-order chi connectivity index (χ0) is 22.1. The molecule has 1 aliphatic rings. The molecule has 3 rings (SSSR count). The maximum absolute atomic E-state index is 12.7. The minimum absolute atomic E-state index is 0. The second-order valence-electron chi connectivity index (χ2n) is 7.20. The summed E-state index contributed by atoms with van der Waals surface area (Å²) in [7, 11) is 1.67. The number of halogens is 4. The quantitative estimate of drug-likeness (QED) is 0.195. The molecule has 1 unspecified atom stereocenters. The van der Waals surface area contributed by atoms with Crippen molar-refractivity contribution in [2.45, 2.75) is 31.5 Å². The van der Waals surface area contributed by atoms with Crippen LogP contribution >= 0.6 is 24.0 Å². The van der Waals surface area contributed by atoms with Gasteiger partial charge in [0.25, 0.3) is 0 Å². The van der Waals surface area contributed by atoms with E-state index in [1.54, 1.807) is 13.3 Å². The average Bonchev–Trinajstić information content (AvgIpc) is 3.30. The van der Waals surface area contributed by atoms with Gasteiger partial charge in [-0.1, -0.05) is 6.42 Å². The maximum Gasteiger partial charge on any atom is 0.433 e. The Morgan fingerprint density at radius 3 is 2.62 bits per heavy atom. The number of aromatic nitrogens is 2. The highest BCUT2D eigenvalue weighted by molar-refractivity contribution is 14.0. The van der Waals surface area contributed by atoms with E-state index in [1.807, 2.05) is 12.1 Å². The Balaban J connectivity index is 0.00000363. The second kappa shape index (κ2) is 12.8. The molecule has 12 heteroatoms. The van der Waals surface area contributed by atoms with Gasteiger partial charge >= 0.3 is 6.18 Å². The van der Waals surface area contributed by atoms with Gasteiger partial charge in [-0.25, -0.2) is 9.97 Å². The molecule has 0 aromatic carbocycles. The number of aliphatic imine (C=N–C) groups is 1. The molecule has 0 bridgehead atoms. The van der Waals surface area contributed by atoms with E-state index in [2.05, 4.69) is 35.8 Å². The number of hydrogen-bond donors (Lipinski definition) is 3. The molecule has 0 saturated carbocycles. The van der Waals surface area contributed by atoms with Gasteiger partial charge in [-0.2, -0.15) is 13.2 Å². The summed E-state index contributed by atoms with van der Waals surface area (Å²) >= 11 is 0. The molecule has 8 nitrogen and oxygen atoms in total. The molecule has 2 aromatic heterocycles. The largest absolute Gasteiger partial charge is 0.468 e. The number of nitrogens with one attached hydrogen (secondary N) is 3. The summed E-state index contributed by atoms with van der Waals surface area (Å²) in [5, 5.41) is 9.23. The summed E-state index contributed by atoms with van der Waals surface area (Å²) in [6.45, 7) is 3.43. The summed E-state index contributed by atoms with van der Waals surface area (Å²) in [6, 6.07) is 4.81. The van der Waals surface area contributed by atoms with Gasteiger partial charge in [0.15, 0.2) is 5.96 Å². The van der Waals surface area contributed by atoms with Gasteiger partial charge in [0.1, 0.15) is 11.5 Å². The Morgan fingerprint density at radius 1 is 1.19 bits per heavy atom. The van der Waals surface area contributed by atoms with E-state index in [0.29, 0.717) is 25.6 Å².